The van der Waals surface area contributed by atoms with E-state index in [4.69, 9.17) is 9.84 Å². The normalized spacial score (nSPS) is 14.4. The van der Waals surface area contributed by atoms with E-state index in [1.54, 1.807) is 20.8 Å². The number of hydrogen-bond acceptors (Lipinski definition) is 4. The summed E-state index contributed by atoms with van der Waals surface area (Å²) >= 11 is 0. The topological polar surface area (TPSA) is 58.6 Å². The van der Waals surface area contributed by atoms with Crippen LogP contribution in [-0.4, -0.2) is 42.0 Å². The van der Waals surface area contributed by atoms with E-state index in [1.165, 1.54) is 0 Å². The zero-order chi connectivity index (χ0) is 14.4. The molecule has 7 heteroatoms. The highest BCUT2D eigenvalue weighted by atomic mass is 19.4. The smallest absolute Gasteiger partial charge is 0.415 e. The lowest BCUT2D eigenvalue weighted by atomic mass is 10.2. The zero-order valence-corrected chi connectivity index (χ0v) is 10.8. The first-order chi connectivity index (χ1) is 8.02. The Morgan fingerprint density at radius 3 is 2.33 bits per heavy atom. The van der Waals surface area contributed by atoms with Crippen LogP contribution < -0.4 is 5.32 Å². The molecule has 0 aromatic rings. The van der Waals surface area contributed by atoms with Gasteiger partial charge in [0, 0.05) is 13.0 Å². The van der Waals surface area contributed by atoms with Crippen molar-refractivity contribution in [3.63, 3.8) is 0 Å². The predicted octanol–water partition coefficient (Wildman–Crippen LogP) is 1.62. The molecule has 0 spiro atoms. The number of carbonyl (C=O) groups excluding carboxylic acids is 1. The Morgan fingerprint density at radius 1 is 1.33 bits per heavy atom. The van der Waals surface area contributed by atoms with E-state index in [0.29, 0.717) is 6.42 Å². The molecule has 0 aliphatic heterocycles. The number of carbonyl (C=O) groups is 1. The molecule has 0 aromatic carbocycles. The number of aliphatic hydroxyl groups excluding tert-OH is 1. The molecule has 0 unspecified atom stereocenters. The van der Waals surface area contributed by atoms with Gasteiger partial charge in [-0.15, -0.1) is 0 Å². The van der Waals surface area contributed by atoms with Gasteiger partial charge in [-0.3, -0.25) is 4.79 Å². The third kappa shape index (κ3) is 9.23. The Balaban J connectivity index is 3.61. The summed E-state index contributed by atoms with van der Waals surface area (Å²) in [6.45, 7) is 4.86. The second-order valence-corrected chi connectivity index (χ2v) is 4.95. The molecule has 18 heavy (non-hydrogen) atoms. The summed E-state index contributed by atoms with van der Waals surface area (Å²) in [6.07, 6.45) is -6.50. The second kappa shape index (κ2) is 6.94. The molecule has 2 N–H and O–H groups in total. The molecule has 0 saturated heterocycles. The minimum atomic E-state index is -4.61. The number of hydrogen-bond donors (Lipinski definition) is 2. The van der Waals surface area contributed by atoms with Crippen LogP contribution in [0.5, 0.6) is 0 Å². The first kappa shape index (κ1) is 17.2. The van der Waals surface area contributed by atoms with Crippen molar-refractivity contribution in [2.24, 2.45) is 0 Å². The van der Waals surface area contributed by atoms with Crippen LogP contribution in [-0.2, 0) is 9.53 Å². The molecule has 0 fully saturated rings. The maximum absolute atomic E-state index is 11.9. The molecule has 0 amide bonds. The lowest BCUT2D eigenvalue weighted by Gasteiger charge is -2.19. The average molecular weight is 271 g/mol. The van der Waals surface area contributed by atoms with E-state index in [1.807, 2.05) is 0 Å². The van der Waals surface area contributed by atoms with Gasteiger partial charge in [-0.1, -0.05) is 0 Å². The van der Waals surface area contributed by atoms with Gasteiger partial charge in [-0.05, 0) is 33.7 Å². The lowest BCUT2D eigenvalue weighted by Crippen LogP contribution is -2.38. The van der Waals surface area contributed by atoms with Crippen LogP contribution in [0, 0.1) is 0 Å². The monoisotopic (exact) mass is 271 g/mol. The van der Waals surface area contributed by atoms with Crippen molar-refractivity contribution in [3.05, 3.63) is 0 Å². The standard InChI is InChI=1S/C11H20F3NO3/c1-10(2,3)18-9(17)5-4-6-15-7-8(16)11(12,13)14/h8,15-16H,4-7H2,1-3H3/t8-/m1/s1. The van der Waals surface area contributed by atoms with Crippen molar-refractivity contribution >= 4 is 5.97 Å². The molecule has 0 saturated carbocycles. The fourth-order valence-corrected chi connectivity index (χ4v) is 1.10. The highest BCUT2D eigenvalue weighted by molar-refractivity contribution is 5.69. The molecule has 0 aliphatic rings. The summed E-state index contributed by atoms with van der Waals surface area (Å²) in [5.41, 5.74) is -0.559. The second-order valence-electron chi connectivity index (χ2n) is 4.95. The highest BCUT2D eigenvalue weighted by Crippen LogP contribution is 2.19. The fourth-order valence-electron chi connectivity index (χ4n) is 1.10. The van der Waals surface area contributed by atoms with Crippen LogP contribution in [0.15, 0.2) is 0 Å². The quantitative estimate of drug-likeness (QED) is 0.569. The Hall–Kier alpha value is -0.820. The Bertz CT molecular complexity index is 261. The van der Waals surface area contributed by atoms with Crippen molar-refractivity contribution in [2.45, 2.75) is 51.5 Å². The molecule has 0 aliphatic carbocycles. The van der Waals surface area contributed by atoms with E-state index in [2.05, 4.69) is 5.32 Å². The van der Waals surface area contributed by atoms with Gasteiger partial charge in [0.2, 0.25) is 0 Å². The minimum absolute atomic E-state index is 0.131. The number of rotatable bonds is 6. The molecule has 0 aromatic heterocycles. The van der Waals surface area contributed by atoms with Gasteiger partial charge in [0.15, 0.2) is 6.10 Å². The summed E-state index contributed by atoms with van der Waals surface area (Å²) in [5.74, 6) is -0.388. The third-order valence-electron chi connectivity index (χ3n) is 1.87. The molecule has 1 atom stereocenters. The van der Waals surface area contributed by atoms with Crippen LogP contribution in [0.1, 0.15) is 33.6 Å². The van der Waals surface area contributed by atoms with Gasteiger partial charge in [0.25, 0.3) is 0 Å². The lowest BCUT2D eigenvalue weighted by molar-refractivity contribution is -0.201. The Kier molecular flexibility index (Phi) is 6.62. The molecule has 0 rings (SSSR count). The van der Waals surface area contributed by atoms with Gasteiger partial charge in [-0.25, -0.2) is 0 Å². The van der Waals surface area contributed by atoms with Crippen LogP contribution in [0.25, 0.3) is 0 Å². The van der Waals surface area contributed by atoms with Gasteiger partial charge < -0.3 is 15.2 Å². The zero-order valence-electron chi connectivity index (χ0n) is 10.8. The average Bonchev–Trinajstić information content (AvgIpc) is 2.12. The number of ether oxygens (including phenoxy) is 1. The number of alkyl halides is 3. The fraction of sp³-hybridized carbons (Fsp3) is 0.909. The molecule has 4 nitrogen and oxygen atoms in total. The van der Waals surface area contributed by atoms with Crippen LogP contribution >= 0.6 is 0 Å². The summed E-state index contributed by atoms with van der Waals surface area (Å²) in [5, 5.41) is 11.1. The van der Waals surface area contributed by atoms with Gasteiger partial charge in [-0.2, -0.15) is 13.2 Å². The van der Waals surface area contributed by atoms with Gasteiger partial charge >= 0.3 is 12.1 Å². The number of aliphatic hydroxyl groups is 1. The van der Waals surface area contributed by atoms with Crippen LogP contribution in [0.2, 0.25) is 0 Å². The van der Waals surface area contributed by atoms with Crippen LogP contribution in [0.3, 0.4) is 0 Å². The van der Waals surface area contributed by atoms with Crippen LogP contribution in [0.4, 0.5) is 13.2 Å². The summed E-state index contributed by atoms with van der Waals surface area (Å²) < 4.78 is 40.7. The first-order valence-electron chi connectivity index (χ1n) is 5.70. The van der Waals surface area contributed by atoms with E-state index in [-0.39, 0.29) is 18.9 Å². The number of nitrogens with one attached hydrogen (secondary N) is 1. The van der Waals surface area contributed by atoms with E-state index < -0.39 is 24.4 Å². The summed E-state index contributed by atoms with van der Waals surface area (Å²) in [7, 11) is 0. The van der Waals surface area contributed by atoms with Crippen molar-refractivity contribution in [3.8, 4) is 0 Å². The summed E-state index contributed by atoms with van der Waals surface area (Å²) in [4.78, 5) is 11.2. The van der Waals surface area contributed by atoms with E-state index in [9.17, 15) is 18.0 Å². The Labute approximate surface area is 105 Å². The highest BCUT2D eigenvalue weighted by Gasteiger charge is 2.37. The van der Waals surface area contributed by atoms with E-state index >= 15 is 0 Å². The SMILES string of the molecule is CC(C)(C)OC(=O)CCCNC[C@@H](O)C(F)(F)F. The largest absolute Gasteiger partial charge is 0.460 e. The third-order valence-corrected chi connectivity index (χ3v) is 1.87. The summed E-state index contributed by atoms with van der Waals surface area (Å²) in [6, 6.07) is 0. The Morgan fingerprint density at radius 2 is 1.89 bits per heavy atom. The number of esters is 1. The predicted molar refractivity (Wildman–Crippen MR) is 60.0 cm³/mol. The molecule has 0 heterocycles. The van der Waals surface area contributed by atoms with Crippen molar-refractivity contribution in [1.82, 2.24) is 5.32 Å². The van der Waals surface area contributed by atoms with Crippen molar-refractivity contribution in [1.29, 1.82) is 0 Å². The first-order valence-corrected chi connectivity index (χ1v) is 5.70. The molecule has 0 bridgehead atoms. The van der Waals surface area contributed by atoms with E-state index in [0.717, 1.165) is 0 Å². The van der Waals surface area contributed by atoms with Gasteiger partial charge in [0.05, 0.1) is 0 Å². The molecular weight excluding hydrogens is 251 g/mol. The maximum atomic E-state index is 11.9. The van der Waals surface area contributed by atoms with Crippen molar-refractivity contribution in [2.75, 3.05) is 13.1 Å². The van der Waals surface area contributed by atoms with Crippen molar-refractivity contribution < 1.29 is 27.8 Å². The molecule has 0 radical (unpaired) electrons. The minimum Gasteiger partial charge on any atom is -0.460 e. The van der Waals surface area contributed by atoms with Gasteiger partial charge in [0.1, 0.15) is 5.60 Å². The molecule has 108 valence electrons. The number of halogens is 3. The maximum Gasteiger partial charge on any atom is 0.415 e. The molecular formula is C11H20F3NO3.